The smallest absolute Gasteiger partial charge is 0.433 e. The highest BCUT2D eigenvalue weighted by atomic mass is 32.2. The van der Waals surface area contributed by atoms with Crippen LogP contribution in [0.3, 0.4) is 0 Å². The molecule has 1 amide bonds. The molecule has 2 aliphatic rings. The molecular weight excluding hydrogens is 463 g/mol. The Morgan fingerprint density at radius 3 is 2.65 bits per heavy atom. The second-order valence-electron chi connectivity index (χ2n) is 6.56. The molecule has 2 atom stereocenters. The van der Waals surface area contributed by atoms with E-state index in [9.17, 15) is 37.8 Å². The Labute approximate surface area is 179 Å². The lowest BCUT2D eigenvalue weighted by Crippen LogP contribution is -2.68. The summed E-state index contributed by atoms with van der Waals surface area (Å²) in [6.07, 6.45) is -4.06. The van der Waals surface area contributed by atoms with Crippen molar-refractivity contribution in [3.8, 4) is 0 Å². The van der Waals surface area contributed by atoms with Crippen LogP contribution in [0.25, 0.3) is 5.65 Å². The molecule has 15 heteroatoms. The van der Waals surface area contributed by atoms with Crippen molar-refractivity contribution in [1.29, 1.82) is 0 Å². The van der Waals surface area contributed by atoms with Gasteiger partial charge in [0.15, 0.2) is 11.3 Å². The fourth-order valence-electron chi connectivity index (χ4n) is 3.22. The Hall–Kier alpha value is -2.78. The minimum atomic E-state index is -4.84. The van der Waals surface area contributed by atoms with E-state index in [1.54, 1.807) is 0 Å². The summed E-state index contributed by atoms with van der Waals surface area (Å²) in [6.45, 7) is 0. The molecule has 31 heavy (non-hydrogen) atoms. The van der Waals surface area contributed by atoms with E-state index in [0.717, 1.165) is 22.9 Å². The third kappa shape index (κ3) is 3.51. The van der Waals surface area contributed by atoms with Crippen LogP contribution >= 0.6 is 23.5 Å². The zero-order valence-corrected chi connectivity index (χ0v) is 16.8. The summed E-state index contributed by atoms with van der Waals surface area (Å²) in [7, 11) is 0. The van der Waals surface area contributed by atoms with Gasteiger partial charge in [-0.05, 0) is 5.57 Å². The second kappa shape index (κ2) is 7.42. The zero-order valence-electron chi connectivity index (χ0n) is 15.2. The Morgan fingerprint density at radius 2 is 2.03 bits per heavy atom. The van der Waals surface area contributed by atoms with Gasteiger partial charge in [0, 0.05) is 17.6 Å². The van der Waals surface area contributed by atoms with E-state index in [1.165, 1.54) is 11.8 Å². The average molecular weight is 475 g/mol. The minimum absolute atomic E-state index is 0.0720. The number of carboxylic acids is 2. The maximum absolute atomic E-state index is 13.5. The number of carbonyl (C=O) groups excluding carboxylic acids is 1. The number of β-lactam (4-membered cyclic amide) rings is 1. The number of thioether (sulfide) groups is 2. The van der Waals surface area contributed by atoms with Gasteiger partial charge in [-0.15, -0.1) is 23.5 Å². The molecule has 2 aromatic rings. The molecule has 4 rings (SSSR count). The molecule has 0 aliphatic carbocycles. The van der Waals surface area contributed by atoms with Crippen molar-refractivity contribution < 1.29 is 37.8 Å². The number of amides is 1. The molecule has 0 aromatic carbocycles. The summed E-state index contributed by atoms with van der Waals surface area (Å²) in [4.78, 5) is 40.0. The number of nitrogens with two attached hydrogens (primary N) is 1. The molecule has 0 spiro atoms. The molecule has 4 heterocycles. The topological polar surface area (TPSA) is 151 Å². The van der Waals surface area contributed by atoms with Crippen molar-refractivity contribution in [2.24, 2.45) is 5.73 Å². The fraction of sp³-hybridized carbons (Fsp3) is 0.312. The van der Waals surface area contributed by atoms with E-state index in [0.29, 0.717) is 16.2 Å². The molecule has 0 unspecified atom stereocenters. The maximum atomic E-state index is 13.5. The van der Waals surface area contributed by atoms with Crippen LogP contribution in [0.5, 0.6) is 0 Å². The molecule has 1 saturated heterocycles. The predicted molar refractivity (Wildman–Crippen MR) is 101 cm³/mol. The molecule has 1 fully saturated rings. The zero-order chi connectivity index (χ0) is 22.7. The highest BCUT2D eigenvalue weighted by molar-refractivity contribution is 8.01. The Bertz CT molecular complexity index is 1160. The van der Waals surface area contributed by atoms with E-state index < -0.39 is 52.3 Å². The number of carboxylic acid groups (broad SMARTS) is 2. The van der Waals surface area contributed by atoms with Gasteiger partial charge in [0.05, 0.1) is 6.20 Å². The van der Waals surface area contributed by atoms with Crippen LogP contribution in [0.1, 0.15) is 16.1 Å². The standard InChI is InChI=1S/C16H12F3N5O5S2/c17-16(18,19)7-1-8(22-11-6(14(26)27)2-21-24(7)11)30-3-5-4-31-13-9(20)12(25)23(13)10(5)15(28)29/h1-2,9,13H,3-4,20H2,(H,26,27)(H,28,29)/t9-,13-/m1/s1. The van der Waals surface area contributed by atoms with Crippen LogP contribution in [0.15, 0.2) is 28.6 Å². The van der Waals surface area contributed by atoms with Gasteiger partial charge in [-0.2, -0.15) is 18.3 Å². The molecule has 2 aliphatic heterocycles. The second-order valence-corrected chi connectivity index (χ2v) is 8.66. The lowest BCUT2D eigenvalue weighted by molar-refractivity contribution is -0.147. The van der Waals surface area contributed by atoms with Gasteiger partial charge in [0.1, 0.15) is 27.7 Å². The number of hydrogen-bond acceptors (Lipinski definition) is 8. The van der Waals surface area contributed by atoms with Gasteiger partial charge in [-0.25, -0.2) is 19.1 Å². The van der Waals surface area contributed by atoms with Crippen molar-refractivity contribution in [2.75, 3.05) is 11.5 Å². The highest BCUT2D eigenvalue weighted by Gasteiger charge is 2.51. The van der Waals surface area contributed by atoms with Crippen molar-refractivity contribution in [3.05, 3.63) is 34.8 Å². The first kappa shape index (κ1) is 21.5. The molecule has 0 bridgehead atoms. The first-order chi connectivity index (χ1) is 14.5. The third-order valence-corrected chi connectivity index (χ3v) is 7.01. The van der Waals surface area contributed by atoms with Gasteiger partial charge >= 0.3 is 18.1 Å². The lowest BCUT2D eigenvalue weighted by Gasteiger charge is -2.48. The number of aliphatic carboxylic acids is 1. The number of rotatable bonds is 5. The summed E-state index contributed by atoms with van der Waals surface area (Å²) in [5, 5.41) is 21.5. The summed E-state index contributed by atoms with van der Waals surface area (Å²) in [5.41, 5.74) is 3.55. The number of hydrogen-bond donors (Lipinski definition) is 3. The van der Waals surface area contributed by atoms with Crippen LogP contribution in [-0.4, -0.2) is 70.5 Å². The van der Waals surface area contributed by atoms with E-state index in [4.69, 9.17) is 5.73 Å². The fourth-order valence-corrected chi connectivity index (χ4v) is 5.55. The van der Waals surface area contributed by atoms with Crippen LogP contribution in [0.4, 0.5) is 13.2 Å². The van der Waals surface area contributed by atoms with Gasteiger partial charge in [-0.1, -0.05) is 0 Å². The summed E-state index contributed by atoms with van der Waals surface area (Å²) >= 11 is 2.06. The SMILES string of the molecule is N[C@@H]1C(=O)N2C(C(=O)O)=C(CSc3cc(C(F)(F)F)n4ncc(C(=O)O)c4n3)CS[C@H]12. The van der Waals surface area contributed by atoms with Crippen molar-refractivity contribution >= 4 is 47.0 Å². The van der Waals surface area contributed by atoms with Crippen LogP contribution < -0.4 is 5.73 Å². The van der Waals surface area contributed by atoms with E-state index in [-0.39, 0.29) is 22.2 Å². The molecule has 10 nitrogen and oxygen atoms in total. The van der Waals surface area contributed by atoms with Crippen molar-refractivity contribution in [1.82, 2.24) is 19.5 Å². The molecular formula is C16H12F3N5O5S2. The van der Waals surface area contributed by atoms with Crippen molar-refractivity contribution in [3.63, 3.8) is 0 Å². The molecule has 4 N–H and O–H groups in total. The molecule has 0 radical (unpaired) electrons. The Balaban J connectivity index is 1.70. The molecule has 0 saturated carbocycles. The van der Waals surface area contributed by atoms with E-state index in [1.807, 2.05) is 0 Å². The van der Waals surface area contributed by atoms with E-state index >= 15 is 0 Å². The van der Waals surface area contributed by atoms with Crippen molar-refractivity contribution in [2.45, 2.75) is 22.6 Å². The first-order valence-electron chi connectivity index (χ1n) is 8.48. The maximum Gasteiger partial charge on any atom is 0.433 e. The number of aromatic nitrogens is 3. The Morgan fingerprint density at radius 1 is 1.32 bits per heavy atom. The highest BCUT2D eigenvalue weighted by Crippen LogP contribution is 2.41. The number of halogens is 3. The molecule has 2 aromatic heterocycles. The quantitative estimate of drug-likeness (QED) is 0.326. The summed E-state index contributed by atoms with van der Waals surface area (Å²) in [6, 6.07) is -0.0934. The van der Waals surface area contributed by atoms with E-state index in [2.05, 4.69) is 10.1 Å². The van der Waals surface area contributed by atoms with Gasteiger partial charge < -0.3 is 15.9 Å². The summed E-state index contributed by atoms with van der Waals surface area (Å²) in [5.74, 6) is -3.22. The summed E-state index contributed by atoms with van der Waals surface area (Å²) < 4.78 is 40.8. The number of carbonyl (C=O) groups is 3. The minimum Gasteiger partial charge on any atom is -0.477 e. The largest absolute Gasteiger partial charge is 0.477 e. The van der Waals surface area contributed by atoms with Crippen LogP contribution in [-0.2, 0) is 15.8 Å². The monoisotopic (exact) mass is 475 g/mol. The molecule has 164 valence electrons. The normalized spacial score (nSPS) is 21.3. The van der Waals surface area contributed by atoms with Gasteiger partial charge in [0.25, 0.3) is 0 Å². The third-order valence-electron chi connectivity index (χ3n) is 4.65. The number of nitrogens with zero attached hydrogens (tertiary/aromatic N) is 4. The predicted octanol–water partition coefficient (Wildman–Crippen LogP) is 1.12. The lowest BCUT2D eigenvalue weighted by atomic mass is 10.0. The average Bonchev–Trinajstić information content (AvgIpc) is 3.13. The Kier molecular flexibility index (Phi) is 5.13. The van der Waals surface area contributed by atoms with Crippen LogP contribution in [0.2, 0.25) is 0 Å². The van der Waals surface area contributed by atoms with Gasteiger partial charge in [-0.3, -0.25) is 9.69 Å². The van der Waals surface area contributed by atoms with Crippen LogP contribution in [0, 0.1) is 0 Å². The first-order valence-corrected chi connectivity index (χ1v) is 10.5. The number of fused-ring (bicyclic) bond motifs is 2. The number of alkyl halides is 3. The number of aromatic carboxylic acids is 1. The van der Waals surface area contributed by atoms with Gasteiger partial charge in [0.2, 0.25) is 5.91 Å².